The Morgan fingerprint density at radius 2 is 1.72 bits per heavy atom. The highest BCUT2D eigenvalue weighted by molar-refractivity contribution is 5.89. The molecule has 0 spiro atoms. The van der Waals surface area contributed by atoms with E-state index in [-0.39, 0.29) is 24.3 Å². The predicted molar refractivity (Wildman–Crippen MR) is 67.3 cm³/mol. The van der Waals surface area contributed by atoms with Gasteiger partial charge in [-0.1, -0.05) is 6.08 Å². The molecule has 4 nitrogen and oxygen atoms in total. The maximum atomic E-state index is 11.9. The van der Waals surface area contributed by atoms with E-state index in [1.807, 2.05) is 6.08 Å². The molecule has 4 heteroatoms. The van der Waals surface area contributed by atoms with Crippen molar-refractivity contribution in [1.29, 1.82) is 0 Å². The van der Waals surface area contributed by atoms with Crippen LogP contribution >= 0.6 is 0 Å². The molecule has 18 heavy (non-hydrogen) atoms. The lowest BCUT2D eigenvalue weighted by Gasteiger charge is -2.33. The highest BCUT2D eigenvalue weighted by Gasteiger charge is 2.32. The van der Waals surface area contributed by atoms with Crippen LogP contribution in [-0.2, 0) is 19.0 Å². The Morgan fingerprint density at radius 3 is 2.22 bits per heavy atom. The van der Waals surface area contributed by atoms with Crippen LogP contribution in [0.25, 0.3) is 0 Å². The monoisotopic (exact) mass is 254 g/mol. The van der Waals surface area contributed by atoms with Gasteiger partial charge in [-0.2, -0.15) is 0 Å². The number of methoxy groups -OCH3 is 2. The summed E-state index contributed by atoms with van der Waals surface area (Å²) in [6, 6.07) is 0. The topological polar surface area (TPSA) is 44.8 Å². The molecular formula is C14H22O4. The van der Waals surface area contributed by atoms with Gasteiger partial charge in [-0.25, -0.2) is 4.79 Å². The first-order valence-corrected chi connectivity index (χ1v) is 6.68. The summed E-state index contributed by atoms with van der Waals surface area (Å²) < 4.78 is 16.3. The summed E-state index contributed by atoms with van der Waals surface area (Å²) in [6.45, 7) is 0. The normalized spacial score (nSPS) is 32.1. The summed E-state index contributed by atoms with van der Waals surface area (Å²) >= 11 is 0. The lowest BCUT2D eigenvalue weighted by Crippen LogP contribution is -2.37. The van der Waals surface area contributed by atoms with Gasteiger partial charge in [0.2, 0.25) is 0 Å². The number of carbonyl (C=O) groups excluding carboxylic acids is 1. The minimum atomic E-state index is -0.149. The molecule has 0 N–H and O–H groups in total. The number of carbonyl (C=O) groups is 1. The van der Waals surface area contributed by atoms with Crippen LogP contribution in [0.3, 0.4) is 0 Å². The fourth-order valence-electron chi connectivity index (χ4n) is 2.73. The number of allylic oxidation sites excluding steroid dienone is 1. The molecular weight excluding hydrogens is 232 g/mol. The molecule has 0 heterocycles. The van der Waals surface area contributed by atoms with Gasteiger partial charge >= 0.3 is 5.97 Å². The SMILES string of the molecule is CO[C@@H]1CC(OC(=O)C2=CCCC2)C[C@@H](OC)C1. The van der Waals surface area contributed by atoms with Gasteiger partial charge in [0.05, 0.1) is 12.2 Å². The molecule has 2 rings (SSSR count). The van der Waals surface area contributed by atoms with Gasteiger partial charge in [0.1, 0.15) is 6.10 Å². The Bertz CT molecular complexity index is 312. The van der Waals surface area contributed by atoms with E-state index in [0.29, 0.717) is 0 Å². The van der Waals surface area contributed by atoms with Crippen molar-refractivity contribution in [2.75, 3.05) is 14.2 Å². The number of ether oxygens (including phenoxy) is 3. The Hall–Kier alpha value is -0.870. The lowest BCUT2D eigenvalue weighted by molar-refractivity contribution is -0.151. The summed E-state index contributed by atoms with van der Waals surface area (Å²) in [4.78, 5) is 11.9. The predicted octanol–water partition coefficient (Wildman–Crippen LogP) is 2.22. The van der Waals surface area contributed by atoms with Crippen molar-refractivity contribution in [2.24, 2.45) is 0 Å². The van der Waals surface area contributed by atoms with E-state index >= 15 is 0 Å². The van der Waals surface area contributed by atoms with Gasteiger partial charge in [0.25, 0.3) is 0 Å². The third kappa shape index (κ3) is 3.33. The number of esters is 1. The summed E-state index contributed by atoms with van der Waals surface area (Å²) in [5.41, 5.74) is 0.837. The summed E-state index contributed by atoms with van der Waals surface area (Å²) in [5.74, 6) is -0.149. The molecule has 0 aliphatic heterocycles. The van der Waals surface area contributed by atoms with E-state index in [9.17, 15) is 4.79 Å². The van der Waals surface area contributed by atoms with E-state index in [1.54, 1.807) is 14.2 Å². The average molecular weight is 254 g/mol. The Kier molecular flexibility index (Phi) is 4.78. The van der Waals surface area contributed by atoms with Gasteiger partial charge in [0.15, 0.2) is 0 Å². The Balaban J connectivity index is 1.89. The smallest absolute Gasteiger partial charge is 0.333 e. The maximum Gasteiger partial charge on any atom is 0.333 e. The zero-order valence-electron chi connectivity index (χ0n) is 11.2. The molecule has 0 aromatic carbocycles. The van der Waals surface area contributed by atoms with E-state index in [1.165, 1.54) is 0 Å². The molecule has 0 radical (unpaired) electrons. The van der Waals surface area contributed by atoms with Crippen molar-refractivity contribution >= 4 is 5.97 Å². The number of hydrogen-bond donors (Lipinski definition) is 0. The van der Waals surface area contributed by atoms with Crippen LogP contribution in [0.5, 0.6) is 0 Å². The van der Waals surface area contributed by atoms with Gasteiger partial charge < -0.3 is 14.2 Å². The van der Waals surface area contributed by atoms with Crippen molar-refractivity contribution < 1.29 is 19.0 Å². The summed E-state index contributed by atoms with van der Waals surface area (Å²) in [6.07, 6.45) is 7.50. The van der Waals surface area contributed by atoms with Gasteiger partial charge in [-0.3, -0.25) is 0 Å². The lowest BCUT2D eigenvalue weighted by atomic mass is 9.92. The quantitative estimate of drug-likeness (QED) is 0.722. The Morgan fingerprint density at radius 1 is 1.11 bits per heavy atom. The van der Waals surface area contributed by atoms with E-state index < -0.39 is 0 Å². The minimum absolute atomic E-state index is 0.0809. The van der Waals surface area contributed by atoms with E-state index in [2.05, 4.69) is 0 Å². The molecule has 1 fully saturated rings. The molecule has 102 valence electrons. The van der Waals surface area contributed by atoms with Gasteiger partial charge in [-0.05, 0) is 19.3 Å². The van der Waals surface area contributed by atoms with E-state index in [4.69, 9.17) is 14.2 Å². The van der Waals surface area contributed by atoms with Crippen LogP contribution in [0.1, 0.15) is 38.5 Å². The molecule has 2 aliphatic carbocycles. The minimum Gasteiger partial charge on any atom is -0.459 e. The van der Waals surface area contributed by atoms with Crippen molar-refractivity contribution in [3.63, 3.8) is 0 Å². The molecule has 2 aliphatic rings. The first-order chi connectivity index (χ1) is 8.72. The average Bonchev–Trinajstić information content (AvgIpc) is 2.92. The second-order valence-electron chi connectivity index (χ2n) is 5.07. The van der Waals surface area contributed by atoms with Crippen LogP contribution in [-0.4, -0.2) is 38.5 Å². The van der Waals surface area contributed by atoms with Gasteiger partial charge in [0, 0.05) is 39.1 Å². The molecule has 2 atom stereocenters. The molecule has 0 aromatic rings. The van der Waals surface area contributed by atoms with Crippen molar-refractivity contribution in [2.45, 2.75) is 56.8 Å². The molecule has 0 bridgehead atoms. The highest BCUT2D eigenvalue weighted by Crippen LogP contribution is 2.27. The van der Waals surface area contributed by atoms with Crippen molar-refractivity contribution in [3.8, 4) is 0 Å². The third-order valence-electron chi connectivity index (χ3n) is 3.82. The fourth-order valence-corrected chi connectivity index (χ4v) is 2.73. The number of hydrogen-bond acceptors (Lipinski definition) is 4. The summed E-state index contributed by atoms with van der Waals surface area (Å²) in [5, 5.41) is 0. The first kappa shape index (κ1) is 13.6. The van der Waals surface area contributed by atoms with Crippen LogP contribution in [0.2, 0.25) is 0 Å². The van der Waals surface area contributed by atoms with Crippen molar-refractivity contribution in [3.05, 3.63) is 11.6 Å². The zero-order chi connectivity index (χ0) is 13.0. The first-order valence-electron chi connectivity index (χ1n) is 6.68. The molecule has 1 saturated carbocycles. The van der Waals surface area contributed by atoms with Crippen LogP contribution in [0, 0.1) is 0 Å². The highest BCUT2D eigenvalue weighted by atomic mass is 16.6. The molecule has 0 unspecified atom stereocenters. The van der Waals surface area contributed by atoms with Crippen LogP contribution in [0.15, 0.2) is 11.6 Å². The second-order valence-corrected chi connectivity index (χ2v) is 5.07. The third-order valence-corrected chi connectivity index (χ3v) is 3.82. The Labute approximate surface area is 108 Å². The maximum absolute atomic E-state index is 11.9. The second kappa shape index (κ2) is 6.34. The molecule has 0 saturated heterocycles. The fraction of sp³-hybridized carbons (Fsp3) is 0.786. The summed E-state index contributed by atoms with van der Waals surface area (Å²) in [7, 11) is 3.39. The van der Waals surface area contributed by atoms with Crippen molar-refractivity contribution in [1.82, 2.24) is 0 Å². The van der Waals surface area contributed by atoms with Crippen LogP contribution < -0.4 is 0 Å². The molecule has 0 aromatic heterocycles. The van der Waals surface area contributed by atoms with Gasteiger partial charge in [-0.15, -0.1) is 0 Å². The number of rotatable bonds is 4. The molecule has 0 amide bonds. The van der Waals surface area contributed by atoms with Crippen LogP contribution in [0.4, 0.5) is 0 Å². The van der Waals surface area contributed by atoms with E-state index in [0.717, 1.165) is 44.1 Å². The zero-order valence-corrected chi connectivity index (χ0v) is 11.2. The largest absolute Gasteiger partial charge is 0.459 e. The standard InChI is InChI=1S/C14H22O4/c1-16-11-7-12(17-2)9-13(8-11)18-14(15)10-5-3-4-6-10/h5,11-13H,3-4,6-9H2,1-2H3/t11-,12-/m0/s1.